The predicted octanol–water partition coefficient (Wildman–Crippen LogP) is 4.13. The molecule has 3 heteroatoms. The minimum atomic E-state index is -0.190. The minimum Gasteiger partial charge on any atom is -0.288 e. The summed E-state index contributed by atoms with van der Waals surface area (Å²) >= 11 is 1.33. The number of carbonyl (C=O) groups is 1. The van der Waals surface area contributed by atoms with Crippen molar-refractivity contribution in [2.45, 2.75) is 27.2 Å². The lowest BCUT2D eigenvalue weighted by Gasteiger charge is -2.05. The van der Waals surface area contributed by atoms with Crippen LogP contribution in [0.4, 0.5) is 4.39 Å². The van der Waals surface area contributed by atoms with Crippen molar-refractivity contribution in [3.63, 3.8) is 0 Å². The van der Waals surface area contributed by atoms with Gasteiger partial charge in [-0.15, -0.1) is 0 Å². The SMILES string of the molecule is CC(=O)SCCC=Cc1c(C)cc(F)cc1C. The molecule has 0 aliphatic carbocycles. The Bertz CT molecular complexity index is 415. The highest BCUT2D eigenvalue weighted by Gasteiger charge is 2.01. The average Bonchev–Trinajstić information content (AvgIpc) is 2.20. The van der Waals surface area contributed by atoms with Crippen LogP contribution in [0.2, 0.25) is 0 Å². The maximum absolute atomic E-state index is 13.1. The fourth-order valence-corrected chi connectivity index (χ4v) is 2.20. The van der Waals surface area contributed by atoms with Crippen molar-refractivity contribution in [2.75, 3.05) is 5.75 Å². The Morgan fingerprint density at radius 1 is 1.35 bits per heavy atom. The zero-order chi connectivity index (χ0) is 12.8. The molecule has 1 aromatic rings. The van der Waals surface area contributed by atoms with E-state index in [1.54, 1.807) is 6.92 Å². The minimum absolute atomic E-state index is 0.146. The molecule has 0 heterocycles. The number of benzene rings is 1. The van der Waals surface area contributed by atoms with E-state index in [2.05, 4.69) is 0 Å². The van der Waals surface area contributed by atoms with Gasteiger partial charge in [0.2, 0.25) is 0 Å². The number of hydrogen-bond acceptors (Lipinski definition) is 2. The summed E-state index contributed by atoms with van der Waals surface area (Å²) in [5.74, 6) is 0.606. The van der Waals surface area contributed by atoms with Crippen molar-refractivity contribution in [2.24, 2.45) is 0 Å². The van der Waals surface area contributed by atoms with E-state index >= 15 is 0 Å². The molecule has 0 aliphatic heterocycles. The normalized spacial score (nSPS) is 11.1. The van der Waals surface area contributed by atoms with Crippen molar-refractivity contribution < 1.29 is 9.18 Å². The largest absolute Gasteiger partial charge is 0.288 e. The van der Waals surface area contributed by atoms with Gasteiger partial charge >= 0.3 is 0 Å². The lowest BCUT2D eigenvalue weighted by Crippen LogP contribution is -1.89. The molecule has 0 saturated heterocycles. The quantitative estimate of drug-likeness (QED) is 0.750. The van der Waals surface area contributed by atoms with Crippen LogP contribution in [0.15, 0.2) is 18.2 Å². The lowest BCUT2D eigenvalue weighted by atomic mass is 10.0. The molecule has 0 amide bonds. The molecule has 0 saturated carbocycles. The van der Waals surface area contributed by atoms with Crippen LogP contribution in [-0.2, 0) is 4.79 Å². The third kappa shape index (κ3) is 4.73. The lowest BCUT2D eigenvalue weighted by molar-refractivity contribution is -0.109. The second-order valence-electron chi connectivity index (χ2n) is 3.98. The van der Waals surface area contributed by atoms with E-state index in [9.17, 15) is 9.18 Å². The van der Waals surface area contributed by atoms with E-state index in [-0.39, 0.29) is 10.9 Å². The number of allylic oxidation sites excluding steroid dienone is 1. The molecule has 0 unspecified atom stereocenters. The van der Waals surface area contributed by atoms with Crippen LogP contribution in [0, 0.1) is 19.7 Å². The Kier molecular flexibility index (Phi) is 5.42. The fraction of sp³-hybridized carbons (Fsp3) is 0.357. The molecule has 17 heavy (non-hydrogen) atoms. The van der Waals surface area contributed by atoms with Crippen molar-refractivity contribution >= 4 is 23.0 Å². The number of hydrogen-bond donors (Lipinski definition) is 0. The zero-order valence-corrected chi connectivity index (χ0v) is 11.2. The zero-order valence-electron chi connectivity index (χ0n) is 10.4. The Balaban J connectivity index is 2.62. The molecule has 0 aromatic heterocycles. The van der Waals surface area contributed by atoms with Gasteiger partial charge in [0.05, 0.1) is 0 Å². The molecule has 1 nitrogen and oxygen atoms in total. The monoisotopic (exact) mass is 252 g/mol. The van der Waals surface area contributed by atoms with E-state index in [0.717, 1.165) is 28.9 Å². The van der Waals surface area contributed by atoms with Crippen LogP contribution in [0.1, 0.15) is 30.0 Å². The van der Waals surface area contributed by atoms with Crippen molar-refractivity contribution in [3.8, 4) is 0 Å². The van der Waals surface area contributed by atoms with Crippen molar-refractivity contribution in [3.05, 3.63) is 40.7 Å². The standard InChI is InChI=1S/C14H17FOS/c1-10-8-13(15)9-11(2)14(10)6-4-5-7-17-12(3)16/h4,6,8-9H,5,7H2,1-3H3. The Hall–Kier alpha value is -1.09. The van der Waals surface area contributed by atoms with Crippen molar-refractivity contribution in [1.82, 2.24) is 0 Å². The van der Waals surface area contributed by atoms with Crippen LogP contribution in [0.5, 0.6) is 0 Å². The fourth-order valence-electron chi connectivity index (χ4n) is 1.66. The molecule has 1 rings (SSSR count). The summed E-state index contributed by atoms with van der Waals surface area (Å²) in [6.45, 7) is 5.38. The van der Waals surface area contributed by atoms with Gasteiger partial charge in [0.25, 0.3) is 0 Å². The van der Waals surface area contributed by atoms with Gasteiger partial charge in [-0.25, -0.2) is 4.39 Å². The number of thioether (sulfide) groups is 1. The van der Waals surface area contributed by atoms with E-state index in [4.69, 9.17) is 0 Å². The van der Waals surface area contributed by atoms with Gasteiger partial charge in [-0.1, -0.05) is 23.9 Å². The summed E-state index contributed by atoms with van der Waals surface area (Å²) in [5.41, 5.74) is 2.95. The molecule has 1 aromatic carbocycles. The number of aryl methyl sites for hydroxylation is 2. The first-order valence-electron chi connectivity index (χ1n) is 5.57. The van der Waals surface area contributed by atoms with Gasteiger partial charge in [-0.05, 0) is 49.1 Å². The highest BCUT2D eigenvalue weighted by Crippen LogP contribution is 2.18. The molecule has 0 aliphatic rings. The summed E-state index contributed by atoms with van der Waals surface area (Å²) < 4.78 is 13.1. The van der Waals surface area contributed by atoms with Gasteiger partial charge < -0.3 is 0 Å². The molecular formula is C14H17FOS. The van der Waals surface area contributed by atoms with E-state index in [1.807, 2.05) is 26.0 Å². The van der Waals surface area contributed by atoms with E-state index in [0.29, 0.717) is 0 Å². The smallest absolute Gasteiger partial charge is 0.185 e. The highest BCUT2D eigenvalue weighted by molar-refractivity contribution is 8.13. The summed E-state index contributed by atoms with van der Waals surface area (Å²) in [5, 5.41) is 0.146. The maximum atomic E-state index is 13.1. The summed E-state index contributed by atoms with van der Waals surface area (Å²) in [4.78, 5) is 10.7. The third-order valence-corrected chi connectivity index (χ3v) is 3.28. The van der Waals surface area contributed by atoms with Gasteiger partial charge in [-0.2, -0.15) is 0 Å². The first kappa shape index (κ1) is 14.0. The van der Waals surface area contributed by atoms with Crippen molar-refractivity contribution in [1.29, 1.82) is 0 Å². The predicted molar refractivity (Wildman–Crippen MR) is 72.7 cm³/mol. The Morgan fingerprint density at radius 2 is 1.94 bits per heavy atom. The first-order valence-corrected chi connectivity index (χ1v) is 6.56. The van der Waals surface area contributed by atoms with Crippen LogP contribution in [-0.4, -0.2) is 10.9 Å². The first-order chi connectivity index (χ1) is 8.00. The third-order valence-electron chi connectivity index (χ3n) is 2.43. The van der Waals surface area contributed by atoms with Crippen LogP contribution in [0.3, 0.4) is 0 Å². The molecule has 0 radical (unpaired) electrons. The molecule has 0 fully saturated rings. The molecule has 92 valence electrons. The molecular weight excluding hydrogens is 235 g/mol. The number of rotatable bonds is 4. The topological polar surface area (TPSA) is 17.1 Å². The second kappa shape index (κ2) is 6.60. The van der Waals surface area contributed by atoms with Gasteiger partial charge in [-0.3, -0.25) is 4.79 Å². The van der Waals surface area contributed by atoms with E-state index < -0.39 is 0 Å². The number of halogens is 1. The molecule has 0 N–H and O–H groups in total. The van der Waals surface area contributed by atoms with E-state index in [1.165, 1.54) is 23.9 Å². The van der Waals surface area contributed by atoms with Gasteiger partial charge in [0.1, 0.15) is 5.82 Å². The molecule has 0 spiro atoms. The second-order valence-corrected chi connectivity index (χ2v) is 5.26. The Labute approximate surface area is 106 Å². The summed E-state index contributed by atoms with van der Waals surface area (Å²) in [7, 11) is 0. The molecule has 0 bridgehead atoms. The van der Waals surface area contributed by atoms with Gasteiger partial charge in [0.15, 0.2) is 5.12 Å². The number of carbonyl (C=O) groups excluding carboxylic acids is 1. The molecule has 0 atom stereocenters. The summed E-state index contributed by atoms with van der Waals surface area (Å²) in [6, 6.07) is 3.08. The van der Waals surface area contributed by atoms with Gasteiger partial charge in [0, 0.05) is 12.7 Å². The van der Waals surface area contributed by atoms with Crippen LogP contribution >= 0.6 is 11.8 Å². The average molecular weight is 252 g/mol. The van der Waals surface area contributed by atoms with Crippen LogP contribution < -0.4 is 0 Å². The Morgan fingerprint density at radius 3 is 2.47 bits per heavy atom. The highest BCUT2D eigenvalue weighted by atomic mass is 32.2. The maximum Gasteiger partial charge on any atom is 0.185 e. The van der Waals surface area contributed by atoms with Crippen LogP contribution in [0.25, 0.3) is 6.08 Å². The summed E-state index contributed by atoms with van der Waals surface area (Å²) in [6.07, 6.45) is 4.88.